The van der Waals surface area contributed by atoms with Crippen LogP contribution in [0.2, 0.25) is 0 Å². The van der Waals surface area contributed by atoms with Crippen LogP contribution in [-0.4, -0.2) is 56.1 Å². The molecule has 3 atom stereocenters. The lowest BCUT2D eigenvalue weighted by Gasteiger charge is -2.33. The number of carbonyl (C=O) groups is 2. The summed E-state index contributed by atoms with van der Waals surface area (Å²) in [6.45, 7) is 3.62. The van der Waals surface area contributed by atoms with E-state index in [9.17, 15) is 9.59 Å². The first kappa shape index (κ1) is 22.3. The van der Waals surface area contributed by atoms with Gasteiger partial charge in [-0.1, -0.05) is 36.4 Å². The molecular formula is C26H31NO5. The minimum atomic E-state index is -0.177. The van der Waals surface area contributed by atoms with Crippen molar-refractivity contribution in [3.8, 4) is 11.5 Å². The van der Waals surface area contributed by atoms with Crippen molar-refractivity contribution in [1.29, 1.82) is 0 Å². The number of hydrogen-bond donors (Lipinski definition) is 0. The predicted octanol–water partition coefficient (Wildman–Crippen LogP) is 3.63. The van der Waals surface area contributed by atoms with Crippen LogP contribution in [0.3, 0.4) is 0 Å². The standard InChI is InChI=1S/C26H31NO5/c1-18(28)8-9-19-10-11-24(25(14-19)30-2)32-17-21-16-27(12-13-31-21)26(29)23-15-22(23)20-6-4-3-5-7-20/h3-7,10-11,14,21-23H,8-9,12-13,15-17H2,1-2H3. The van der Waals surface area contributed by atoms with Crippen LogP contribution in [0.4, 0.5) is 0 Å². The second-order valence-corrected chi connectivity index (χ2v) is 8.63. The van der Waals surface area contributed by atoms with Gasteiger partial charge in [0.2, 0.25) is 5.91 Å². The van der Waals surface area contributed by atoms with Gasteiger partial charge in [-0.2, -0.15) is 0 Å². The summed E-state index contributed by atoms with van der Waals surface area (Å²) in [5.74, 6) is 2.08. The highest BCUT2D eigenvalue weighted by atomic mass is 16.5. The number of Topliss-reactive ketones (excluding diaryl/α,β-unsaturated/α-hetero) is 1. The topological polar surface area (TPSA) is 65.1 Å². The number of ether oxygens (including phenoxy) is 3. The van der Waals surface area contributed by atoms with Gasteiger partial charge in [0.05, 0.1) is 20.3 Å². The average molecular weight is 438 g/mol. The zero-order valence-corrected chi connectivity index (χ0v) is 18.8. The molecule has 170 valence electrons. The molecule has 1 aliphatic carbocycles. The highest BCUT2D eigenvalue weighted by Crippen LogP contribution is 2.48. The van der Waals surface area contributed by atoms with E-state index in [2.05, 4.69) is 12.1 Å². The van der Waals surface area contributed by atoms with E-state index in [-0.39, 0.29) is 23.7 Å². The molecule has 2 fully saturated rings. The lowest BCUT2D eigenvalue weighted by Crippen LogP contribution is -2.48. The number of nitrogens with zero attached hydrogens (tertiary/aromatic N) is 1. The summed E-state index contributed by atoms with van der Waals surface area (Å²) in [6.07, 6.45) is 1.94. The predicted molar refractivity (Wildman–Crippen MR) is 121 cm³/mol. The molecule has 2 aromatic rings. The van der Waals surface area contributed by atoms with Crippen molar-refractivity contribution in [1.82, 2.24) is 4.90 Å². The normalized spacial score (nSPS) is 22.3. The quantitative estimate of drug-likeness (QED) is 0.600. The maximum atomic E-state index is 13.0. The molecule has 0 radical (unpaired) electrons. The third-order valence-corrected chi connectivity index (χ3v) is 6.20. The summed E-state index contributed by atoms with van der Waals surface area (Å²) in [6, 6.07) is 16.0. The molecule has 1 heterocycles. The first-order valence-electron chi connectivity index (χ1n) is 11.3. The van der Waals surface area contributed by atoms with E-state index in [1.165, 1.54) is 5.56 Å². The molecule has 2 aromatic carbocycles. The number of amides is 1. The van der Waals surface area contributed by atoms with Gasteiger partial charge in [-0.3, -0.25) is 4.79 Å². The minimum absolute atomic E-state index is 0.0831. The fraction of sp³-hybridized carbons (Fsp3) is 0.462. The van der Waals surface area contributed by atoms with Crippen molar-refractivity contribution in [2.24, 2.45) is 5.92 Å². The third-order valence-electron chi connectivity index (χ3n) is 6.20. The van der Waals surface area contributed by atoms with E-state index in [4.69, 9.17) is 14.2 Å². The van der Waals surface area contributed by atoms with Crippen LogP contribution in [0, 0.1) is 5.92 Å². The van der Waals surface area contributed by atoms with Gasteiger partial charge in [-0.05, 0) is 48.9 Å². The molecule has 3 unspecified atom stereocenters. The van der Waals surface area contributed by atoms with E-state index in [1.807, 2.05) is 41.3 Å². The SMILES string of the molecule is COc1cc(CCC(C)=O)ccc1OCC1CN(C(=O)C2CC2c2ccccc2)CCO1. The summed E-state index contributed by atoms with van der Waals surface area (Å²) in [5.41, 5.74) is 2.28. The second-order valence-electron chi connectivity index (χ2n) is 8.63. The van der Waals surface area contributed by atoms with E-state index in [0.717, 1.165) is 12.0 Å². The van der Waals surface area contributed by atoms with Crippen LogP contribution < -0.4 is 9.47 Å². The smallest absolute Gasteiger partial charge is 0.226 e. The maximum absolute atomic E-state index is 13.0. The molecule has 0 N–H and O–H groups in total. The average Bonchev–Trinajstić information content (AvgIpc) is 3.63. The minimum Gasteiger partial charge on any atom is -0.493 e. The van der Waals surface area contributed by atoms with E-state index in [1.54, 1.807) is 14.0 Å². The van der Waals surface area contributed by atoms with Gasteiger partial charge in [0, 0.05) is 18.9 Å². The molecule has 0 aromatic heterocycles. The molecule has 1 aliphatic heterocycles. The number of morpholine rings is 1. The van der Waals surface area contributed by atoms with Gasteiger partial charge < -0.3 is 23.9 Å². The summed E-state index contributed by atoms with van der Waals surface area (Å²) >= 11 is 0. The molecule has 0 bridgehead atoms. The summed E-state index contributed by atoms with van der Waals surface area (Å²) < 4.78 is 17.3. The lowest BCUT2D eigenvalue weighted by molar-refractivity contribution is -0.141. The Bertz CT molecular complexity index is 944. The highest BCUT2D eigenvalue weighted by molar-refractivity contribution is 5.83. The van der Waals surface area contributed by atoms with Crippen molar-refractivity contribution < 1.29 is 23.8 Å². The Morgan fingerprint density at radius 3 is 2.69 bits per heavy atom. The van der Waals surface area contributed by atoms with Gasteiger partial charge in [0.15, 0.2) is 11.5 Å². The molecule has 4 rings (SSSR count). The van der Waals surface area contributed by atoms with Crippen LogP contribution in [0.1, 0.15) is 36.8 Å². The zero-order chi connectivity index (χ0) is 22.5. The van der Waals surface area contributed by atoms with E-state index < -0.39 is 0 Å². The Balaban J connectivity index is 1.30. The number of methoxy groups -OCH3 is 1. The van der Waals surface area contributed by atoms with Crippen LogP contribution in [0.15, 0.2) is 48.5 Å². The number of benzene rings is 2. The molecular weight excluding hydrogens is 406 g/mol. The van der Waals surface area contributed by atoms with Crippen LogP contribution in [-0.2, 0) is 20.7 Å². The number of carbonyl (C=O) groups excluding carboxylic acids is 2. The first-order chi connectivity index (χ1) is 15.5. The zero-order valence-electron chi connectivity index (χ0n) is 18.8. The fourth-order valence-corrected chi connectivity index (χ4v) is 4.28. The van der Waals surface area contributed by atoms with Gasteiger partial charge in [-0.25, -0.2) is 0 Å². The van der Waals surface area contributed by atoms with E-state index >= 15 is 0 Å². The monoisotopic (exact) mass is 437 g/mol. The van der Waals surface area contributed by atoms with Gasteiger partial charge in [0.25, 0.3) is 0 Å². The largest absolute Gasteiger partial charge is 0.493 e. The fourth-order valence-electron chi connectivity index (χ4n) is 4.28. The van der Waals surface area contributed by atoms with Crippen molar-refractivity contribution >= 4 is 11.7 Å². The Morgan fingerprint density at radius 1 is 1.12 bits per heavy atom. The Kier molecular flexibility index (Phi) is 7.10. The molecule has 1 saturated carbocycles. The maximum Gasteiger partial charge on any atom is 0.226 e. The number of ketones is 1. The lowest BCUT2D eigenvalue weighted by atomic mass is 10.1. The Hall–Kier alpha value is -2.86. The highest BCUT2D eigenvalue weighted by Gasteiger charge is 2.46. The molecule has 1 saturated heterocycles. The Labute approximate surface area is 189 Å². The van der Waals surface area contributed by atoms with Crippen LogP contribution in [0.5, 0.6) is 11.5 Å². The molecule has 32 heavy (non-hydrogen) atoms. The van der Waals surface area contributed by atoms with Crippen molar-refractivity contribution in [3.63, 3.8) is 0 Å². The number of rotatable bonds is 9. The summed E-state index contributed by atoms with van der Waals surface area (Å²) in [4.78, 5) is 26.1. The van der Waals surface area contributed by atoms with Crippen molar-refractivity contribution in [2.45, 2.75) is 38.2 Å². The molecule has 6 heteroatoms. The second kappa shape index (κ2) is 10.2. The molecule has 6 nitrogen and oxygen atoms in total. The van der Waals surface area contributed by atoms with Crippen LogP contribution in [0.25, 0.3) is 0 Å². The van der Waals surface area contributed by atoms with Crippen molar-refractivity contribution in [2.75, 3.05) is 33.4 Å². The van der Waals surface area contributed by atoms with E-state index in [0.29, 0.717) is 56.6 Å². The third kappa shape index (κ3) is 5.49. The summed E-state index contributed by atoms with van der Waals surface area (Å²) in [7, 11) is 1.60. The van der Waals surface area contributed by atoms with Gasteiger partial charge in [-0.15, -0.1) is 0 Å². The Morgan fingerprint density at radius 2 is 1.94 bits per heavy atom. The van der Waals surface area contributed by atoms with Crippen LogP contribution >= 0.6 is 0 Å². The molecule has 2 aliphatic rings. The summed E-state index contributed by atoms with van der Waals surface area (Å²) in [5, 5.41) is 0. The number of hydrogen-bond acceptors (Lipinski definition) is 5. The first-order valence-corrected chi connectivity index (χ1v) is 11.3. The van der Waals surface area contributed by atoms with Gasteiger partial charge in [0.1, 0.15) is 18.5 Å². The molecule has 1 amide bonds. The molecule has 0 spiro atoms. The number of aryl methyl sites for hydroxylation is 1. The van der Waals surface area contributed by atoms with Gasteiger partial charge >= 0.3 is 0 Å². The van der Waals surface area contributed by atoms with Crippen molar-refractivity contribution in [3.05, 3.63) is 59.7 Å².